The second kappa shape index (κ2) is 11.9. The van der Waals surface area contributed by atoms with E-state index in [0.717, 1.165) is 29.4 Å². The predicted molar refractivity (Wildman–Crippen MR) is 153 cm³/mol. The molecule has 2 aliphatic heterocycles. The Morgan fingerprint density at radius 1 is 0.846 bits per heavy atom. The van der Waals surface area contributed by atoms with Crippen LogP contribution in [0.3, 0.4) is 0 Å². The second-order valence-corrected chi connectivity index (χ2v) is 11.4. The number of nitrogens with one attached hydrogen (secondary N) is 1. The van der Waals surface area contributed by atoms with Gasteiger partial charge in [0, 0.05) is 30.7 Å². The van der Waals surface area contributed by atoms with Gasteiger partial charge in [0.25, 0.3) is 5.56 Å². The van der Waals surface area contributed by atoms with Crippen molar-refractivity contribution in [3.05, 3.63) is 70.0 Å². The first-order valence-electron chi connectivity index (χ1n) is 14.4. The molecule has 2 saturated heterocycles. The number of hydrogen-bond acceptors (Lipinski definition) is 5. The van der Waals surface area contributed by atoms with E-state index in [1.165, 1.54) is 57.8 Å². The first-order chi connectivity index (χ1) is 18.6. The Morgan fingerprint density at radius 3 is 2.15 bits per heavy atom. The average Bonchev–Trinajstić information content (AvgIpc) is 3.16. The van der Waals surface area contributed by atoms with Crippen molar-refractivity contribution >= 4 is 22.8 Å². The molecule has 3 aliphatic rings. The number of piperidine rings is 1. The number of carbonyl (C=O) groups is 1. The number of para-hydroxylation sites is 2. The molecular weight excluding hydrogens is 492 g/mol. The highest BCUT2D eigenvalue weighted by Crippen LogP contribution is 2.44. The number of aromatic carboxylic acids is 1. The van der Waals surface area contributed by atoms with Crippen LogP contribution in [0.25, 0.3) is 11.0 Å². The second-order valence-electron chi connectivity index (χ2n) is 11.4. The number of fused-ring (bicyclic) bond motifs is 3. The normalized spacial score (nSPS) is 24.1. The van der Waals surface area contributed by atoms with Gasteiger partial charge in [0.2, 0.25) is 0 Å². The highest BCUT2D eigenvalue weighted by molar-refractivity contribution is 5.87. The third-order valence-electron chi connectivity index (χ3n) is 9.08. The molecule has 6 rings (SSSR count). The summed E-state index contributed by atoms with van der Waals surface area (Å²) in [5.41, 5.74) is 2.83. The van der Waals surface area contributed by atoms with Gasteiger partial charge in [0.05, 0.1) is 16.6 Å². The maximum Gasteiger partial charge on any atom is 0.335 e. The summed E-state index contributed by atoms with van der Waals surface area (Å²) in [5.74, 6) is -0.584. The molecule has 4 N–H and O–H groups in total. The molecule has 0 amide bonds. The number of hydrogen-bond donors (Lipinski definition) is 2. The number of carboxylic acid groups (broad SMARTS) is 1. The molecule has 1 saturated carbocycles. The van der Waals surface area contributed by atoms with E-state index in [9.17, 15) is 9.59 Å². The highest BCUT2D eigenvalue weighted by Gasteiger charge is 2.44. The van der Waals surface area contributed by atoms with Crippen molar-refractivity contribution in [1.29, 1.82) is 0 Å². The van der Waals surface area contributed by atoms with Crippen LogP contribution in [0.1, 0.15) is 92.6 Å². The minimum absolute atomic E-state index is 0. The minimum atomic E-state index is -0.946. The Bertz CT molecular complexity index is 1330. The van der Waals surface area contributed by atoms with E-state index in [4.69, 9.17) is 10.1 Å². The van der Waals surface area contributed by atoms with Gasteiger partial charge in [-0.3, -0.25) is 9.69 Å². The summed E-state index contributed by atoms with van der Waals surface area (Å²) in [6.07, 6.45) is 14.0. The lowest BCUT2D eigenvalue weighted by molar-refractivity contribution is 0.0498. The largest absolute Gasteiger partial charge is 0.478 e. The van der Waals surface area contributed by atoms with Crippen molar-refractivity contribution in [3.63, 3.8) is 0 Å². The quantitative estimate of drug-likeness (QED) is 0.452. The number of rotatable bonds is 6. The Morgan fingerprint density at radius 2 is 1.49 bits per heavy atom. The van der Waals surface area contributed by atoms with Crippen molar-refractivity contribution in [1.82, 2.24) is 14.5 Å². The summed E-state index contributed by atoms with van der Waals surface area (Å²) >= 11 is 0. The average molecular weight is 533 g/mol. The van der Waals surface area contributed by atoms with Crippen LogP contribution >= 0.6 is 0 Å². The molecule has 3 aromatic rings. The van der Waals surface area contributed by atoms with Crippen LogP contribution in [-0.2, 0) is 6.54 Å². The third kappa shape index (κ3) is 5.58. The fraction of sp³-hybridized carbons (Fsp3) is 0.516. The minimum Gasteiger partial charge on any atom is -0.478 e. The zero-order valence-electron chi connectivity index (χ0n) is 22.5. The Kier molecular flexibility index (Phi) is 8.33. The molecule has 3 fully saturated rings. The standard InChI is InChI=1S/C31H38N4O3.H2O/c36-30-29(32-20-21-12-14-22(15-13-21)31(37)38)33-27-10-6-7-11-28(27)35(30)26-18-24-16-17-25(19-26)34(24)23-8-4-2-1-3-5-9-23;/h6-7,10-15,23-26H,1-5,8-9,16-20H2,(H,32,33)(H,37,38);1H2/t24-,25+,26?;. The fourth-order valence-corrected chi connectivity index (χ4v) is 7.31. The van der Waals surface area contributed by atoms with Gasteiger partial charge >= 0.3 is 5.97 Å². The number of aromatic nitrogens is 2. The Hall–Kier alpha value is -3.23. The van der Waals surface area contributed by atoms with Crippen LogP contribution < -0.4 is 10.9 Å². The molecule has 8 heteroatoms. The first-order valence-corrected chi connectivity index (χ1v) is 14.4. The number of nitrogens with zero attached hydrogens (tertiary/aromatic N) is 3. The van der Waals surface area contributed by atoms with E-state index in [1.807, 2.05) is 28.8 Å². The van der Waals surface area contributed by atoms with Crippen molar-refractivity contribution in [2.45, 2.75) is 101 Å². The predicted octanol–water partition coefficient (Wildman–Crippen LogP) is 5.16. The molecule has 3 atom stereocenters. The van der Waals surface area contributed by atoms with Crippen LogP contribution in [0.2, 0.25) is 0 Å². The van der Waals surface area contributed by atoms with E-state index < -0.39 is 5.97 Å². The van der Waals surface area contributed by atoms with Gasteiger partial charge in [-0.25, -0.2) is 9.78 Å². The maximum atomic E-state index is 13.9. The van der Waals surface area contributed by atoms with Gasteiger partial charge in [-0.2, -0.15) is 0 Å². The molecule has 1 aliphatic carbocycles. The fourth-order valence-electron chi connectivity index (χ4n) is 7.31. The van der Waals surface area contributed by atoms with Crippen LogP contribution in [0, 0.1) is 0 Å². The Balaban J connectivity index is 0.00000308. The number of anilines is 1. The number of carboxylic acids is 1. The summed E-state index contributed by atoms with van der Waals surface area (Å²) in [6.45, 7) is 0.409. The van der Waals surface area contributed by atoms with Crippen LogP contribution in [0.5, 0.6) is 0 Å². The summed E-state index contributed by atoms with van der Waals surface area (Å²) in [5, 5.41) is 12.4. The lowest BCUT2D eigenvalue weighted by Crippen LogP contribution is -2.50. The van der Waals surface area contributed by atoms with Crippen LogP contribution in [0.4, 0.5) is 5.82 Å². The zero-order chi connectivity index (χ0) is 26.1. The summed E-state index contributed by atoms with van der Waals surface area (Å²) < 4.78 is 2.03. The van der Waals surface area contributed by atoms with E-state index >= 15 is 0 Å². The van der Waals surface area contributed by atoms with Crippen molar-refractivity contribution in [2.24, 2.45) is 0 Å². The zero-order valence-corrected chi connectivity index (χ0v) is 22.5. The monoisotopic (exact) mass is 532 g/mol. The van der Waals surface area contributed by atoms with Gasteiger partial charge in [-0.15, -0.1) is 0 Å². The summed E-state index contributed by atoms with van der Waals surface area (Å²) in [6, 6.07) is 16.7. The van der Waals surface area contributed by atoms with Crippen molar-refractivity contribution in [3.8, 4) is 0 Å². The SMILES string of the molecule is O.O=C(O)c1ccc(CNc2nc3ccccc3n(C3C[C@H]4CC[C@@H](C3)N4C3CCCCCCC3)c2=O)cc1. The molecule has 2 aromatic carbocycles. The van der Waals surface area contributed by atoms with E-state index in [0.29, 0.717) is 30.5 Å². The van der Waals surface area contributed by atoms with E-state index in [2.05, 4.69) is 10.2 Å². The molecule has 208 valence electrons. The van der Waals surface area contributed by atoms with E-state index in [-0.39, 0.29) is 22.6 Å². The van der Waals surface area contributed by atoms with Crippen LogP contribution in [-0.4, -0.2) is 49.1 Å². The van der Waals surface area contributed by atoms with Crippen molar-refractivity contribution in [2.75, 3.05) is 5.32 Å². The summed E-state index contributed by atoms with van der Waals surface area (Å²) in [7, 11) is 0. The van der Waals surface area contributed by atoms with Gasteiger partial charge in [0.1, 0.15) is 0 Å². The van der Waals surface area contributed by atoms with Gasteiger partial charge in [-0.05, 0) is 68.4 Å². The molecule has 1 aromatic heterocycles. The molecule has 0 radical (unpaired) electrons. The van der Waals surface area contributed by atoms with Crippen LogP contribution in [0.15, 0.2) is 53.3 Å². The highest BCUT2D eigenvalue weighted by atomic mass is 16.4. The van der Waals surface area contributed by atoms with Gasteiger partial charge < -0.3 is 20.5 Å². The molecule has 0 spiro atoms. The Labute approximate surface area is 229 Å². The summed E-state index contributed by atoms with van der Waals surface area (Å²) in [4.78, 5) is 32.6. The lowest BCUT2D eigenvalue weighted by atomic mass is 9.89. The third-order valence-corrected chi connectivity index (χ3v) is 9.08. The van der Waals surface area contributed by atoms with Gasteiger partial charge in [0.15, 0.2) is 5.82 Å². The molecule has 2 bridgehead atoms. The topological polar surface area (TPSA) is 119 Å². The number of benzene rings is 2. The first kappa shape index (κ1) is 27.3. The van der Waals surface area contributed by atoms with E-state index in [1.54, 1.807) is 24.3 Å². The maximum absolute atomic E-state index is 13.9. The molecule has 1 unspecified atom stereocenters. The van der Waals surface area contributed by atoms with Crippen molar-refractivity contribution < 1.29 is 15.4 Å². The molecule has 3 heterocycles. The molecule has 8 nitrogen and oxygen atoms in total. The smallest absolute Gasteiger partial charge is 0.335 e. The lowest BCUT2D eigenvalue weighted by Gasteiger charge is -2.45. The van der Waals surface area contributed by atoms with Gasteiger partial charge in [-0.1, -0.05) is 56.4 Å². The molecular formula is C31H40N4O4. The molecule has 39 heavy (non-hydrogen) atoms.